The van der Waals surface area contributed by atoms with Crippen LogP contribution in [0.4, 0.5) is 11.4 Å². The summed E-state index contributed by atoms with van der Waals surface area (Å²) >= 11 is 2.42. The van der Waals surface area contributed by atoms with Gasteiger partial charge >= 0.3 is 0 Å². The van der Waals surface area contributed by atoms with Crippen LogP contribution in [0.25, 0.3) is 0 Å². The summed E-state index contributed by atoms with van der Waals surface area (Å²) in [6.07, 6.45) is 5.85. The number of rotatable bonds is 1. The molecule has 0 bridgehead atoms. The van der Waals surface area contributed by atoms with Gasteiger partial charge in [-0.05, 0) is 82.8 Å². The lowest BCUT2D eigenvalue weighted by molar-refractivity contribution is 0.425. The van der Waals surface area contributed by atoms with Gasteiger partial charge in [0.05, 0.1) is 6.04 Å². The van der Waals surface area contributed by atoms with E-state index in [4.69, 9.17) is 5.73 Å². The van der Waals surface area contributed by atoms with E-state index in [1.165, 1.54) is 25.9 Å². The molecule has 0 spiro atoms. The molecule has 0 saturated carbocycles. The minimum Gasteiger partial charge on any atom is -0.399 e. The Morgan fingerprint density at radius 3 is 2.91 bits per heavy atom. The second-order valence-electron chi connectivity index (χ2n) is 6.33. The molecule has 112 valence electrons. The summed E-state index contributed by atoms with van der Waals surface area (Å²) in [5.74, 6) is 1.09. The number of benzene rings is 2. The van der Waals surface area contributed by atoms with E-state index in [-0.39, 0.29) is 0 Å². The van der Waals surface area contributed by atoms with Crippen molar-refractivity contribution in [1.29, 1.82) is 0 Å². The SMILES string of the molecule is Cc1cc(I)cc2c1NC(c1cccc(N)c1)C1CC=CC21. The number of aryl methyl sites for hydroxylation is 1. The maximum absolute atomic E-state index is 6.00. The van der Waals surface area contributed by atoms with Crippen molar-refractivity contribution < 1.29 is 0 Å². The fourth-order valence-electron chi connectivity index (χ4n) is 3.92. The Morgan fingerprint density at radius 1 is 1.23 bits per heavy atom. The average molecular weight is 402 g/mol. The van der Waals surface area contributed by atoms with Crippen LogP contribution in [0.15, 0.2) is 48.6 Å². The molecule has 1 aliphatic heterocycles. The molecule has 0 fully saturated rings. The number of nitrogen functional groups attached to an aromatic ring is 1. The van der Waals surface area contributed by atoms with Crippen molar-refractivity contribution in [3.8, 4) is 0 Å². The van der Waals surface area contributed by atoms with Gasteiger partial charge < -0.3 is 11.1 Å². The number of nitrogens with one attached hydrogen (secondary N) is 1. The second kappa shape index (κ2) is 5.30. The zero-order chi connectivity index (χ0) is 15.3. The van der Waals surface area contributed by atoms with E-state index in [0.29, 0.717) is 17.9 Å². The number of nitrogens with two attached hydrogens (primary N) is 1. The minimum absolute atomic E-state index is 0.328. The number of halogens is 1. The molecule has 0 saturated heterocycles. The van der Waals surface area contributed by atoms with Crippen LogP contribution in [0.5, 0.6) is 0 Å². The summed E-state index contributed by atoms with van der Waals surface area (Å²) in [5, 5.41) is 3.81. The van der Waals surface area contributed by atoms with Gasteiger partial charge in [0.25, 0.3) is 0 Å². The lowest BCUT2D eigenvalue weighted by atomic mass is 9.76. The molecule has 4 rings (SSSR count). The van der Waals surface area contributed by atoms with E-state index in [2.05, 4.69) is 77.3 Å². The summed E-state index contributed by atoms with van der Waals surface area (Å²) in [6.45, 7) is 2.20. The van der Waals surface area contributed by atoms with Gasteiger partial charge in [-0.3, -0.25) is 0 Å². The van der Waals surface area contributed by atoms with Gasteiger partial charge in [-0.2, -0.15) is 0 Å². The lowest BCUT2D eigenvalue weighted by Crippen LogP contribution is -2.29. The molecule has 2 aliphatic rings. The van der Waals surface area contributed by atoms with Crippen LogP contribution in [0.1, 0.15) is 35.1 Å². The van der Waals surface area contributed by atoms with Crippen molar-refractivity contribution >= 4 is 34.0 Å². The fraction of sp³-hybridized carbons (Fsp3) is 0.263. The number of allylic oxidation sites excluding steroid dienone is 2. The first-order valence-corrected chi connectivity index (χ1v) is 8.80. The molecule has 0 aromatic heterocycles. The Balaban J connectivity index is 1.84. The highest BCUT2D eigenvalue weighted by atomic mass is 127. The Kier molecular flexibility index (Phi) is 3.40. The predicted molar refractivity (Wildman–Crippen MR) is 101 cm³/mol. The van der Waals surface area contributed by atoms with Crippen molar-refractivity contribution in [2.75, 3.05) is 11.1 Å². The van der Waals surface area contributed by atoms with Gasteiger partial charge in [0.15, 0.2) is 0 Å². The average Bonchev–Trinajstić information content (AvgIpc) is 2.96. The first-order valence-electron chi connectivity index (χ1n) is 7.72. The Hall–Kier alpha value is -1.49. The molecule has 3 unspecified atom stereocenters. The highest BCUT2D eigenvalue weighted by Gasteiger charge is 2.38. The second-order valence-corrected chi connectivity index (χ2v) is 7.58. The van der Waals surface area contributed by atoms with E-state index in [9.17, 15) is 0 Å². The van der Waals surface area contributed by atoms with Crippen molar-refractivity contribution in [2.24, 2.45) is 5.92 Å². The van der Waals surface area contributed by atoms with Crippen LogP contribution in [-0.2, 0) is 0 Å². The van der Waals surface area contributed by atoms with Crippen molar-refractivity contribution in [1.82, 2.24) is 0 Å². The van der Waals surface area contributed by atoms with Crippen LogP contribution in [0, 0.1) is 16.4 Å². The topological polar surface area (TPSA) is 38.0 Å². The fourth-order valence-corrected chi connectivity index (χ4v) is 4.73. The van der Waals surface area contributed by atoms with Gasteiger partial charge in [0.2, 0.25) is 0 Å². The Bertz CT molecular complexity index is 766. The summed E-state index contributed by atoms with van der Waals surface area (Å²) in [4.78, 5) is 0. The zero-order valence-corrected chi connectivity index (χ0v) is 14.7. The van der Waals surface area contributed by atoms with E-state index in [0.717, 1.165) is 12.1 Å². The monoisotopic (exact) mass is 402 g/mol. The Labute approximate surface area is 144 Å². The molecule has 2 nitrogen and oxygen atoms in total. The molecule has 1 aliphatic carbocycles. The van der Waals surface area contributed by atoms with Crippen molar-refractivity contribution in [2.45, 2.75) is 25.3 Å². The summed E-state index contributed by atoms with van der Waals surface area (Å²) in [7, 11) is 0. The van der Waals surface area contributed by atoms with E-state index < -0.39 is 0 Å². The molecular weight excluding hydrogens is 383 g/mol. The lowest BCUT2D eigenvalue weighted by Gasteiger charge is -2.38. The summed E-state index contributed by atoms with van der Waals surface area (Å²) < 4.78 is 1.32. The van der Waals surface area contributed by atoms with E-state index in [1.807, 2.05) is 6.07 Å². The van der Waals surface area contributed by atoms with Crippen LogP contribution in [0.2, 0.25) is 0 Å². The van der Waals surface area contributed by atoms with Crippen molar-refractivity contribution in [3.05, 3.63) is 68.8 Å². The van der Waals surface area contributed by atoms with Crippen LogP contribution >= 0.6 is 22.6 Å². The minimum atomic E-state index is 0.328. The third-order valence-electron chi connectivity index (χ3n) is 4.90. The van der Waals surface area contributed by atoms with Crippen LogP contribution in [-0.4, -0.2) is 0 Å². The van der Waals surface area contributed by atoms with Gasteiger partial charge in [-0.25, -0.2) is 0 Å². The molecule has 0 radical (unpaired) electrons. The Morgan fingerprint density at radius 2 is 2.09 bits per heavy atom. The van der Waals surface area contributed by atoms with E-state index >= 15 is 0 Å². The third-order valence-corrected chi connectivity index (χ3v) is 5.52. The number of hydrogen-bond acceptors (Lipinski definition) is 2. The standard InChI is InChI=1S/C19H19IN2/c1-11-8-13(20)10-17-15-6-3-7-16(15)19(22-18(11)17)12-4-2-5-14(21)9-12/h2-6,8-10,15-16,19,22H,7,21H2,1H3. The molecule has 3 heteroatoms. The molecule has 22 heavy (non-hydrogen) atoms. The molecule has 1 heterocycles. The first kappa shape index (κ1) is 14.1. The smallest absolute Gasteiger partial charge is 0.0554 e. The van der Waals surface area contributed by atoms with Crippen LogP contribution in [0.3, 0.4) is 0 Å². The number of hydrogen-bond donors (Lipinski definition) is 2. The quantitative estimate of drug-likeness (QED) is 0.400. The van der Waals surface area contributed by atoms with Crippen molar-refractivity contribution in [3.63, 3.8) is 0 Å². The highest BCUT2D eigenvalue weighted by Crippen LogP contribution is 2.51. The normalized spacial score (nSPS) is 25.5. The molecule has 3 atom stereocenters. The number of anilines is 2. The molecular formula is C19H19IN2. The molecule has 3 N–H and O–H groups in total. The predicted octanol–water partition coefficient (Wildman–Crippen LogP) is 5.01. The van der Waals surface area contributed by atoms with Gasteiger partial charge in [0, 0.05) is 20.9 Å². The zero-order valence-electron chi connectivity index (χ0n) is 12.5. The largest absolute Gasteiger partial charge is 0.399 e. The van der Waals surface area contributed by atoms with Gasteiger partial charge in [-0.15, -0.1) is 0 Å². The molecule has 0 amide bonds. The van der Waals surface area contributed by atoms with Gasteiger partial charge in [-0.1, -0.05) is 24.3 Å². The van der Waals surface area contributed by atoms with Crippen LogP contribution < -0.4 is 11.1 Å². The first-order chi connectivity index (χ1) is 10.6. The van der Waals surface area contributed by atoms with Gasteiger partial charge in [0.1, 0.15) is 0 Å². The highest BCUT2D eigenvalue weighted by molar-refractivity contribution is 14.1. The summed E-state index contributed by atoms with van der Waals surface area (Å²) in [6, 6.07) is 13.2. The summed E-state index contributed by atoms with van der Waals surface area (Å²) in [5.41, 5.74) is 12.2. The maximum atomic E-state index is 6.00. The maximum Gasteiger partial charge on any atom is 0.0554 e. The van der Waals surface area contributed by atoms with E-state index in [1.54, 1.807) is 0 Å². The molecule has 2 aromatic rings. The molecule has 2 aromatic carbocycles. The number of fused-ring (bicyclic) bond motifs is 3. The third kappa shape index (κ3) is 2.22.